The minimum Gasteiger partial charge on any atom is -0.512 e. The van der Waals surface area contributed by atoms with Crippen LogP contribution >= 0.6 is 0 Å². The number of nitrogens with zero attached hydrogens (tertiary/aromatic N) is 2. The van der Waals surface area contributed by atoms with Gasteiger partial charge in [-0.3, -0.25) is 9.78 Å². The first kappa shape index (κ1) is 37.2. The quantitative estimate of drug-likeness (QED) is 0.0914. The summed E-state index contributed by atoms with van der Waals surface area (Å²) in [7, 11) is 0. The second-order valence-electron chi connectivity index (χ2n) is 13.6. The van der Waals surface area contributed by atoms with Crippen LogP contribution in [0.1, 0.15) is 104 Å². The van der Waals surface area contributed by atoms with Gasteiger partial charge >= 0.3 is 0 Å². The Morgan fingerprint density at radius 3 is 2.02 bits per heavy atom. The number of hydrogen-bond donors (Lipinski definition) is 1. The minimum atomic E-state index is -0.195. The summed E-state index contributed by atoms with van der Waals surface area (Å²) in [5.74, 6) is 1.67. The fourth-order valence-electron chi connectivity index (χ4n) is 6.93. The van der Waals surface area contributed by atoms with Crippen molar-refractivity contribution in [3.05, 3.63) is 108 Å². The number of ketones is 1. The number of aliphatic hydroxyl groups excluding tert-OH is 1. The summed E-state index contributed by atoms with van der Waals surface area (Å²) in [6.07, 6.45) is 4.91. The third-order valence-corrected chi connectivity index (χ3v) is 9.92. The first-order valence-corrected chi connectivity index (χ1v) is 17.4. The molecule has 0 saturated heterocycles. The average Bonchev–Trinajstić information content (AvgIpc) is 3.32. The number of carbonyl (C=O) groups is 1. The molecular formula is C43H49IrN2O2-. The van der Waals surface area contributed by atoms with Crippen LogP contribution in [0.2, 0.25) is 0 Å². The predicted molar refractivity (Wildman–Crippen MR) is 197 cm³/mol. The maximum Gasteiger partial charge on any atom is 0.162 e. The van der Waals surface area contributed by atoms with E-state index in [-0.39, 0.29) is 54.8 Å². The van der Waals surface area contributed by atoms with Crippen LogP contribution in [0, 0.1) is 17.9 Å². The molecule has 0 spiro atoms. The van der Waals surface area contributed by atoms with Crippen molar-refractivity contribution in [1.82, 2.24) is 9.97 Å². The number of carbonyl (C=O) groups excluding carboxylic acids is 1. The van der Waals surface area contributed by atoms with Crippen LogP contribution in [-0.2, 0) is 30.3 Å². The van der Waals surface area contributed by atoms with Crippen LogP contribution in [-0.4, -0.2) is 20.9 Å². The fraction of sp³-hybridized carbons (Fsp3) is 0.372. The molecule has 0 atom stereocenters. The van der Waals surface area contributed by atoms with E-state index in [0.29, 0.717) is 0 Å². The van der Waals surface area contributed by atoms with E-state index >= 15 is 0 Å². The molecule has 1 aliphatic rings. The summed E-state index contributed by atoms with van der Waals surface area (Å²) < 4.78 is 0. The van der Waals surface area contributed by atoms with E-state index in [2.05, 4.69) is 107 Å². The smallest absolute Gasteiger partial charge is 0.162 e. The molecule has 5 aromatic rings. The molecule has 0 saturated carbocycles. The van der Waals surface area contributed by atoms with Crippen molar-refractivity contribution in [3.63, 3.8) is 0 Å². The summed E-state index contributed by atoms with van der Waals surface area (Å²) in [4.78, 5) is 22.0. The Kier molecular flexibility index (Phi) is 12.2. The first-order valence-electron chi connectivity index (χ1n) is 17.4. The van der Waals surface area contributed by atoms with Gasteiger partial charge < -0.3 is 5.11 Å². The maximum absolute atomic E-state index is 11.7. The molecule has 5 heteroatoms. The zero-order valence-corrected chi connectivity index (χ0v) is 32.0. The van der Waals surface area contributed by atoms with Crippen LogP contribution in [0.3, 0.4) is 0 Å². The summed E-state index contributed by atoms with van der Waals surface area (Å²) >= 11 is 0. The average molecular weight is 818 g/mol. The number of hydrogen-bond acceptors (Lipinski definition) is 4. The van der Waals surface area contributed by atoms with E-state index in [9.17, 15) is 9.90 Å². The molecule has 1 heterocycles. The van der Waals surface area contributed by atoms with Crippen molar-refractivity contribution in [2.75, 3.05) is 0 Å². The van der Waals surface area contributed by atoms with Crippen molar-refractivity contribution in [1.29, 1.82) is 0 Å². The maximum atomic E-state index is 11.7. The number of allylic oxidation sites excluding steroid dienone is 2. The Morgan fingerprint density at radius 1 is 0.812 bits per heavy atom. The van der Waals surface area contributed by atoms with E-state index in [4.69, 9.17) is 9.97 Å². The standard InChI is InChI=1S/C30H25N2.C13H24O2.Ir/c1-18(2)29-31-27(22-14-13-19-9-5-6-11-21(19)17-22)26-28(32-29)25-23-12-8-7-10-20(23)15-16-24(25)30(26,3)4;1-5-10(6-2)12(14)9-13(15)11(7-3)8-4;/h5-13,15-18H,1-4H3;9-11,14H,5-8H2,1-4H3;/q-1;;/b;12-9-;. The molecule has 4 aromatic carbocycles. The summed E-state index contributed by atoms with van der Waals surface area (Å²) in [6, 6.07) is 29.4. The largest absolute Gasteiger partial charge is 0.512 e. The summed E-state index contributed by atoms with van der Waals surface area (Å²) in [5, 5.41) is 14.7. The number of aliphatic hydroxyl groups is 1. The van der Waals surface area contributed by atoms with E-state index in [0.717, 1.165) is 48.5 Å². The molecule has 4 nitrogen and oxygen atoms in total. The molecule has 0 amide bonds. The van der Waals surface area contributed by atoms with Gasteiger partial charge in [-0.05, 0) is 53.3 Å². The van der Waals surface area contributed by atoms with Gasteiger partial charge in [-0.1, -0.05) is 121 Å². The summed E-state index contributed by atoms with van der Waals surface area (Å²) in [5.41, 5.74) is 6.72. The molecule has 1 aliphatic carbocycles. The zero-order chi connectivity index (χ0) is 33.9. The van der Waals surface area contributed by atoms with Crippen LogP contribution in [0.5, 0.6) is 0 Å². The van der Waals surface area contributed by atoms with Crippen LogP contribution in [0.25, 0.3) is 44.1 Å². The van der Waals surface area contributed by atoms with Crippen molar-refractivity contribution in [2.24, 2.45) is 11.8 Å². The minimum absolute atomic E-state index is 0. The third-order valence-electron chi connectivity index (χ3n) is 9.92. The monoisotopic (exact) mass is 818 g/mol. The van der Waals surface area contributed by atoms with Crippen molar-refractivity contribution in [2.45, 2.75) is 92.4 Å². The third kappa shape index (κ3) is 7.19. The Bertz CT molecular complexity index is 1930. The van der Waals surface area contributed by atoms with Gasteiger partial charge in [0, 0.05) is 54.9 Å². The van der Waals surface area contributed by atoms with E-state index in [1.165, 1.54) is 44.3 Å². The molecule has 0 fully saturated rings. The first-order chi connectivity index (χ1) is 22.5. The predicted octanol–water partition coefficient (Wildman–Crippen LogP) is 11.5. The Balaban J connectivity index is 0.000000279. The molecule has 1 aromatic heterocycles. The second kappa shape index (κ2) is 15.7. The van der Waals surface area contributed by atoms with Gasteiger partial charge in [0.2, 0.25) is 0 Å². The molecule has 6 rings (SSSR count). The van der Waals surface area contributed by atoms with Gasteiger partial charge in [0.25, 0.3) is 0 Å². The van der Waals surface area contributed by atoms with Gasteiger partial charge in [-0.25, -0.2) is 4.98 Å². The van der Waals surface area contributed by atoms with E-state index in [1.807, 2.05) is 27.7 Å². The van der Waals surface area contributed by atoms with Gasteiger partial charge in [-0.2, -0.15) is 0 Å². The fourth-order valence-corrected chi connectivity index (χ4v) is 6.93. The molecule has 253 valence electrons. The van der Waals surface area contributed by atoms with E-state index < -0.39 is 0 Å². The molecule has 1 radical (unpaired) electrons. The second-order valence-corrected chi connectivity index (χ2v) is 13.6. The van der Waals surface area contributed by atoms with Gasteiger partial charge in [0.05, 0.1) is 11.5 Å². The molecule has 0 aliphatic heterocycles. The molecule has 0 bridgehead atoms. The molecule has 48 heavy (non-hydrogen) atoms. The number of rotatable bonds is 9. The number of fused-ring (bicyclic) bond motifs is 6. The normalized spacial score (nSPS) is 13.4. The van der Waals surface area contributed by atoms with Gasteiger partial charge in [0.1, 0.15) is 5.82 Å². The van der Waals surface area contributed by atoms with E-state index in [1.54, 1.807) is 0 Å². The van der Waals surface area contributed by atoms with Crippen molar-refractivity contribution in [3.8, 4) is 22.5 Å². The summed E-state index contributed by atoms with van der Waals surface area (Å²) in [6.45, 7) is 17.0. The number of benzene rings is 4. The molecule has 1 N–H and O–H groups in total. The number of aromatic nitrogens is 2. The molecule has 0 unspecified atom stereocenters. The Labute approximate surface area is 300 Å². The van der Waals surface area contributed by atoms with Crippen LogP contribution < -0.4 is 0 Å². The Morgan fingerprint density at radius 2 is 1.40 bits per heavy atom. The van der Waals surface area contributed by atoms with Crippen LogP contribution in [0.4, 0.5) is 0 Å². The zero-order valence-electron chi connectivity index (χ0n) is 29.6. The van der Waals surface area contributed by atoms with Gasteiger partial charge in [-0.15, -0.1) is 29.1 Å². The van der Waals surface area contributed by atoms with Crippen molar-refractivity contribution >= 4 is 27.3 Å². The van der Waals surface area contributed by atoms with Crippen molar-refractivity contribution < 1.29 is 30.0 Å². The SMILES string of the molecule is CC(C)c1nc(-c2[c-]cc3ccccc3c2)c2c(n1)-c1c(ccc3ccccc13)C2(C)C.CCC(CC)C(=O)/C=C(\O)C(CC)CC.[Ir]. The van der Waals surface area contributed by atoms with Gasteiger partial charge in [0.15, 0.2) is 5.78 Å². The molecular weight excluding hydrogens is 769 g/mol. The topological polar surface area (TPSA) is 63.1 Å². The Hall–Kier alpha value is -3.66. The van der Waals surface area contributed by atoms with Crippen LogP contribution in [0.15, 0.2) is 84.6 Å².